The van der Waals surface area contributed by atoms with Crippen molar-refractivity contribution in [3.63, 3.8) is 0 Å². The lowest BCUT2D eigenvalue weighted by Gasteiger charge is -2.17. The summed E-state index contributed by atoms with van der Waals surface area (Å²) in [7, 11) is 0. The number of nitrogens with one attached hydrogen (secondary N) is 1. The Hall–Kier alpha value is -1.79. The molecule has 4 nitrogen and oxygen atoms in total. The topological polar surface area (TPSA) is 59.1 Å². The molecule has 0 spiro atoms. The van der Waals surface area contributed by atoms with E-state index in [1.807, 2.05) is 24.3 Å². The zero-order chi connectivity index (χ0) is 15.1. The monoisotopic (exact) mass is 362 g/mol. The predicted molar refractivity (Wildman–Crippen MR) is 86.0 cm³/mol. The van der Waals surface area contributed by atoms with Gasteiger partial charge in [0, 0.05) is 15.7 Å². The van der Waals surface area contributed by atoms with Crippen molar-refractivity contribution in [3.8, 4) is 0 Å². The summed E-state index contributed by atoms with van der Waals surface area (Å²) in [5.74, 6) is -0.357. The van der Waals surface area contributed by atoms with Gasteiger partial charge in [-0.3, -0.25) is 9.59 Å². The first-order valence-corrected chi connectivity index (χ1v) is 7.88. The number of nitrogens with zero attached hydrogens (tertiary/aromatic N) is 1. The van der Waals surface area contributed by atoms with Gasteiger partial charge in [0.1, 0.15) is 10.6 Å². The summed E-state index contributed by atoms with van der Waals surface area (Å²) < 4.78 is 0.949. The minimum atomic E-state index is -0.187. The van der Waals surface area contributed by atoms with Crippen LogP contribution in [0.25, 0.3) is 0 Å². The van der Waals surface area contributed by atoms with E-state index in [1.54, 1.807) is 13.8 Å². The van der Waals surface area contributed by atoms with E-state index >= 15 is 0 Å². The smallest absolute Gasteiger partial charge is 0.221 e. The van der Waals surface area contributed by atoms with Crippen LogP contribution in [0.5, 0.6) is 0 Å². The molecule has 1 N–H and O–H groups in total. The van der Waals surface area contributed by atoms with Crippen molar-refractivity contribution in [1.82, 2.24) is 4.98 Å². The molecule has 0 fully saturated rings. The Morgan fingerprint density at radius 3 is 2.43 bits per heavy atom. The van der Waals surface area contributed by atoms with E-state index in [9.17, 15) is 9.59 Å². The number of allylic oxidation sites excluding steroid dienone is 2. The van der Waals surface area contributed by atoms with E-state index in [0.717, 1.165) is 15.2 Å². The molecular formula is C15H11BrN2O2S. The Kier molecular flexibility index (Phi) is 3.51. The molecule has 1 heterocycles. The number of carbonyl (C=O) groups is 2. The summed E-state index contributed by atoms with van der Waals surface area (Å²) in [5.41, 5.74) is 1.78. The zero-order valence-electron chi connectivity index (χ0n) is 11.4. The first-order chi connectivity index (χ1) is 9.97. The van der Waals surface area contributed by atoms with Crippen LogP contribution in [0.1, 0.15) is 32.1 Å². The molecule has 0 saturated carbocycles. The second-order valence-corrected chi connectivity index (χ2v) is 6.82. The number of anilines is 1. The molecule has 0 saturated heterocycles. The van der Waals surface area contributed by atoms with Crippen molar-refractivity contribution in [2.75, 3.05) is 5.32 Å². The van der Waals surface area contributed by atoms with Crippen molar-refractivity contribution in [2.45, 2.75) is 13.8 Å². The number of thiazole rings is 1. The van der Waals surface area contributed by atoms with Crippen LogP contribution in [0, 0.1) is 6.92 Å². The fraction of sp³-hybridized carbons (Fsp3) is 0.133. The second-order valence-electron chi connectivity index (χ2n) is 4.70. The fourth-order valence-corrected chi connectivity index (χ4v) is 3.26. The van der Waals surface area contributed by atoms with Gasteiger partial charge in [-0.1, -0.05) is 15.9 Å². The molecule has 0 atom stereocenters. The van der Waals surface area contributed by atoms with Crippen LogP contribution in [0.4, 0.5) is 5.69 Å². The lowest BCUT2D eigenvalue weighted by atomic mass is 9.97. The average Bonchev–Trinajstić information content (AvgIpc) is 2.85. The largest absolute Gasteiger partial charge is 0.352 e. The first-order valence-electron chi connectivity index (χ1n) is 6.27. The molecule has 6 heteroatoms. The van der Waals surface area contributed by atoms with Crippen LogP contribution in [0.15, 0.2) is 40.0 Å². The van der Waals surface area contributed by atoms with E-state index in [2.05, 4.69) is 26.2 Å². The van der Waals surface area contributed by atoms with Crippen LogP contribution >= 0.6 is 27.3 Å². The zero-order valence-corrected chi connectivity index (χ0v) is 13.8. The van der Waals surface area contributed by atoms with Gasteiger partial charge in [0.25, 0.3) is 0 Å². The first kappa shape index (κ1) is 14.2. The number of aromatic nitrogens is 1. The van der Waals surface area contributed by atoms with Gasteiger partial charge in [0.2, 0.25) is 11.6 Å². The summed E-state index contributed by atoms with van der Waals surface area (Å²) in [6.07, 6.45) is 0. The number of benzene rings is 1. The highest BCUT2D eigenvalue weighted by Crippen LogP contribution is 2.30. The van der Waals surface area contributed by atoms with E-state index in [-0.39, 0.29) is 17.3 Å². The van der Waals surface area contributed by atoms with Crippen LogP contribution < -0.4 is 5.32 Å². The number of hydrogen-bond donors (Lipinski definition) is 1. The average molecular weight is 363 g/mol. The minimum absolute atomic E-state index is 0.171. The maximum absolute atomic E-state index is 12.5. The van der Waals surface area contributed by atoms with E-state index in [0.29, 0.717) is 16.1 Å². The van der Waals surface area contributed by atoms with Crippen LogP contribution in [0.3, 0.4) is 0 Å². The van der Waals surface area contributed by atoms with Crippen molar-refractivity contribution < 1.29 is 9.59 Å². The highest BCUT2D eigenvalue weighted by molar-refractivity contribution is 9.10. The lowest BCUT2D eigenvalue weighted by molar-refractivity contribution is 0.0976. The maximum atomic E-state index is 12.5. The molecule has 1 aromatic heterocycles. The Bertz CT molecular complexity index is 791. The van der Waals surface area contributed by atoms with E-state index in [1.165, 1.54) is 11.3 Å². The molecule has 0 aliphatic heterocycles. The van der Waals surface area contributed by atoms with E-state index in [4.69, 9.17) is 0 Å². The standard InChI is InChI=1S/C15H11BrN2O2S/c1-7-11(18-10-5-3-9(16)4-6-10)14(20)15-12(13(7)19)17-8(2)21-15/h3-6,18H,1-2H3. The summed E-state index contributed by atoms with van der Waals surface area (Å²) in [6, 6.07) is 7.43. The molecule has 21 heavy (non-hydrogen) atoms. The Morgan fingerprint density at radius 1 is 1.10 bits per heavy atom. The van der Waals surface area contributed by atoms with Crippen molar-refractivity contribution in [3.05, 3.63) is 55.6 Å². The number of carbonyl (C=O) groups excluding carboxylic acids is 2. The number of hydrogen-bond acceptors (Lipinski definition) is 5. The molecule has 1 aliphatic rings. The minimum Gasteiger partial charge on any atom is -0.352 e. The molecule has 0 unspecified atom stereocenters. The SMILES string of the molecule is CC1=C(Nc2ccc(Br)cc2)C(=O)c2sc(C)nc2C1=O. The quantitative estimate of drug-likeness (QED) is 0.877. The number of fused-ring (bicyclic) bond motifs is 1. The third kappa shape index (κ3) is 2.45. The molecule has 3 rings (SSSR count). The van der Waals surface area contributed by atoms with Gasteiger partial charge < -0.3 is 5.32 Å². The van der Waals surface area contributed by atoms with Crippen LogP contribution in [-0.2, 0) is 0 Å². The van der Waals surface area contributed by atoms with Crippen molar-refractivity contribution in [2.24, 2.45) is 0 Å². The van der Waals surface area contributed by atoms with E-state index < -0.39 is 0 Å². The highest BCUT2D eigenvalue weighted by Gasteiger charge is 2.33. The van der Waals surface area contributed by atoms with Crippen molar-refractivity contribution in [1.29, 1.82) is 0 Å². The molecule has 1 aromatic carbocycles. The van der Waals surface area contributed by atoms with Gasteiger partial charge in [-0.25, -0.2) is 4.98 Å². The molecule has 2 aromatic rings. The maximum Gasteiger partial charge on any atom is 0.221 e. The highest BCUT2D eigenvalue weighted by atomic mass is 79.9. The molecule has 1 aliphatic carbocycles. The second kappa shape index (κ2) is 5.20. The van der Waals surface area contributed by atoms with Gasteiger partial charge in [-0.15, -0.1) is 11.3 Å². The molecule has 0 bridgehead atoms. The summed E-state index contributed by atoms with van der Waals surface area (Å²) >= 11 is 4.62. The Labute approximate surface area is 134 Å². The number of aryl methyl sites for hydroxylation is 1. The number of rotatable bonds is 2. The lowest BCUT2D eigenvalue weighted by Crippen LogP contribution is -2.24. The predicted octanol–water partition coefficient (Wildman–Crippen LogP) is 3.98. The number of Topliss-reactive ketones (excluding diaryl/α,β-unsaturated/α-hetero) is 2. The summed E-state index contributed by atoms with van der Waals surface area (Å²) in [6.45, 7) is 3.44. The molecular weight excluding hydrogens is 352 g/mol. The molecule has 0 amide bonds. The van der Waals surface area contributed by atoms with Gasteiger partial charge >= 0.3 is 0 Å². The number of ketones is 2. The van der Waals surface area contributed by atoms with Gasteiger partial charge in [0.15, 0.2) is 0 Å². The third-order valence-electron chi connectivity index (χ3n) is 3.21. The Morgan fingerprint density at radius 2 is 1.76 bits per heavy atom. The molecule has 106 valence electrons. The summed E-state index contributed by atoms with van der Waals surface area (Å²) in [5, 5.41) is 3.78. The van der Waals surface area contributed by atoms with Crippen LogP contribution in [0.2, 0.25) is 0 Å². The van der Waals surface area contributed by atoms with Gasteiger partial charge in [-0.05, 0) is 38.1 Å². The summed E-state index contributed by atoms with van der Waals surface area (Å²) in [4.78, 5) is 29.4. The van der Waals surface area contributed by atoms with Crippen molar-refractivity contribution >= 4 is 44.5 Å². The Balaban J connectivity index is 2.01. The van der Waals surface area contributed by atoms with Gasteiger partial charge in [-0.2, -0.15) is 0 Å². The van der Waals surface area contributed by atoms with Gasteiger partial charge in [0.05, 0.1) is 10.7 Å². The number of halogens is 1. The molecule has 0 radical (unpaired) electrons. The normalized spacial score (nSPS) is 14.4. The fourth-order valence-electron chi connectivity index (χ4n) is 2.14. The third-order valence-corrected chi connectivity index (χ3v) is 4.71. The van der Waals surface area contributed by atoms with Crippen LogP contribution in [-0.4, -0.2) is 16.6 Å².